The second-order valence-corrected chi connectivity index (χ2v) is 4.92. The summed E-state index contributed by atoms with van der Waals surface area (Å²) in [6.45, 7) is 0.546. The minimum absolute atomic E-state index is 0.0114. The number of hydrogen-bond donors (Lipinski definition) is 1. The predicted octanol–water partition coefficient (Wildman–Crippen LogP) is 3.09. The van der Waals surface area contributed by atoms with Crippen LogP contribution >= 0.6 is 0 Å². The molecule has 0 aliphatic carbocycles. The molecule has 1 amide bonds. The van der Waals surface area contributed by atoms with Gasteiger partial charge < -0.3 is 5.32 Å². The van der Waals surface area contributed by atoms with Crippen LogP contribution in [0.3, 0.4) is 0 Å². The molecule has 104 valence electrons. The highest BCUT2D eigenvalue weighted by Crippen LogP contribution is 2.16. The molecule has 3 nitrogen and oxygen atoms in total. The van der Waals surface area contributed by atoms with Crippen LogP contribution in [0.1, 0.15) is 11.3 Å². The number of nitrogens with one attached hydrogen (secondary N) is 1. The zero-order valence-electron chi connectivity index (χ0n) is 11.6. The Morgan fingerprint density at radius 2 is 1.71 bits per heavy atom. The Hall–Kier alpha value is -2.68. The van der Waals surface area contributed by atoms with Crippen LogP contribution < -0.4 is 5.32 Å². The fraction of sp³-hybridized carbons (Fsp3) is 0.111. The number of carbonyl (C=O) groups excluding carboxylic acids is 1. The number of pyridine rings is 1. The van der Waals surface area contributed by atoms with Gasteiger partial charge >= 0.3 is 0 Å². The number of nitrogens with zero attached hydrogens (tertiary/aromatic N) is 1. The van der Waals surface area contributed by atoms with E-state index in [1.54, 1.807) is 6.20 Å². The lowest BCUT2D eigenvalue weighted by molar-refractivity contribution is -0.120. The van der Waals surface area contributed by atoms with Gasteiger partial charge in [0.15, 0.2) is 0 Å². The van der Waals surface area contributed by atoms with E-state index in [4.69, 9.17) is 0 Å². The van der Waals surface area contributed by atoms with Gasteiger partial charge in [-0.25, -0.2) is 0 Å². The Labute approximate surface area is 123 Å². The highest BCUT2D eigenvalue weighted by atomic mass is 16.1. The Kier molecular flexibility index (Phi) is 3.92. The van der Waals surface area contributed by atoms with Crippen LogP contribution in [0.5, 0.6) is 0 Å². The number of benzene rings is 2. The number of rotatable bonds is 4. The first kappa shape index (κ1) is 13.3. The van der Waals surface area contributed by atoms with Crippen molar-refractivity contribution in [1.29, 1.82) is 0 Å². The maximum absolute atomic E-state index is 12.1. The van der Waals surface area contributed by atoms with Crippen LogP contribution in [0.2, 0.25) is 0 Å². The second kappa shape index (κ2) is 6.18. The first-order valence-corrected chi connectivity index (χ1v) is 6.96. The Morgan fingerprint density at radius 1 is 0.952 bits per heavy atom. The molecule has 0 atom stereocenters. The maximum Gasteiger partial charge on any atom is 0.226 e. The van der Waals surface area contributed by atoms with Gasteiger partial charge in [-0.1, -0.05) is 54.6 Å². The van der Waals surface area contributed by atoms with Crippen molar-refractivity contribution in [3.05, 3.63) is 78.1 Å². The second-order valence-electron chi connectivity index (χ2n) is 4.92. The Bertz CT molecular complexity index is 748. The van der Waals surface area contributed by atoms with E-state index in [0.29, 0.717) is 13.0 Å². The minimum atomic E-state index is -0.0114. The normalized spacial score (nSPS) is 10.5. The van der Waals surface area contributed by atoms with Gasteiger partial charge in [-0.3, -0.25) is 9.78 Å². The highest BCUT2D eigenvalue weighted by Gasteiger charge is 2.07. The first-order valence-electron chi connectivity index (χ1n) is 6.96. The summed E-state index contributed by atoms with van der Waals surface area (Å²) in [5, 5.41) is 5.08. The molecule has 2 aromatic carbocycles. The molecule has 0 saturated carbocycles. The summed E-state index contributed by atoms with van der Waals surface area (Å²) in [7, 11) is 0. The number of carbonyl (C=O) groups is 1. The molecule has 3 aromatic rings. The lowest BCUT2D eigenvalue weighted by Gasteiger charge is -2.07. The molecular weight excluding hydrogens is 260 g/mol. The van der Waals surface area contributed by atoms with E-state index in [9.17, 15) is 4.79 Å². The van der Waals surface area contributed by atoms with Crippen molar-refractivity contribution >= 4 is 16.7 Å². The smallest absolute Gasteiger partial charge is 0.226 e. The Morgan fingerprint density at radius 3 is 2.57 bits per heavy atom. The van der Waals surface area contributed by atoms with Crippen molar-refractivity contribution in [3.63, 3.8) is 0 Å². The molecule has 0 aliphatic heterocycles. The van der Waals surface area contributed by atoms with Crippen molar-refractivity contribution in [3.8, 4) is 0 Å². The van der Waals surface area contributed by atoms with Gasteiger partial charge in [0, 0.05) is 18.1 Å². The van der Waals surface area contributed by atoms with Crippen molar-refractivity contribution < 1.29 is 4.79 Å². The molecule has 3 rings (SSSR count). The molecular formula is C18H16N2O. The SMILES string of the molecule is O=C(Cc1nccc2ccccc12)NCc1ccccc1. The van der Waals surface area contributed by atoms with Crippen molar-refractivity contribution in [2.24, 2.45) is 0 Å². The zero-order valence-corrected chi connectivity index (χ0v) is 11.6. The largest absolute Gasteiger partial charge is 0.352 e. The zero-order chi connectivity index (χ0) is 14.5. The van der Waals surface area contributed by atoms with Gasteiger partial charge in [0.25, 0.3) is 0 Å². The third-order valence-electron chi connectivity index (χ3n) is 3.42. The molecule has 1 heterocycles. The molecule has 21 heavy (non-hydrogen) atoms. The summed E-state index contributed by atoms with van der Waals surface area (Å²) in [5.74, 6) is -0.0114. The lowest BCUT2D eigenvalue weighted by Crippen LogP contribution is -2.25. The summed E-state index contributed by atoms with van der Waals surface area (Å²) in [5.41, 5.74) is 1.91. The van der Waals surface area contributed by atoms with E-state index < -0.39 is 0 Å². The third-order valence-corrected chi connectivity index (χ3v) is 3.42. The molecule has 0 aliphatic rings. The third kappa shape index (κ3) is 3.26. The van der Waals surface area contributed by atoms with Crippen LogP contribution in [-0.2, 0) is 17.8 Å². The van der Waals surface area contributed by atoms with Crippen LogP contribution in [0.15, 0.2) is 66.9 Å². The van der Waals surface area contributed by atoms with Crippen molar-refractivity contribution in [1.82, 2.24) is 10.3 Å². The average Bonchev–Trinajstić information content (AvgIpc) is 2.54. The fourth-order valence-corrected chi connectivity index (χ4v) is 2.33. The highest BCUT2D eigenvalue weighted by molar-refractivity contribution is 5.88. The molecule has 0 radical (unpaired) electrons. The standard InChI is InChI=1S/C18H16N2O/c21-18(20-13-14-6-2-1-3-7-14)12-17-16-9-5-4-8-15(16)10-11-19-17/h1-11H,12-13H2,(H,20,21). The van der Waals surface area contributed by atoms with Gasteiger partial charge in [0.05, 0.1) is 12.1 Å². The summed E-state index contributed by atoms with van der Waals surface area (Å²) < 4.78 is 0. The topological polar surface area (TPSA) is 42.0 Å². The lowest BCUT2D eigenvalue weighted by atomic mass is 10.1. The quantitative estimate of drug-likeness (QED) is 0.795. The van der Waals surface area contributed by atoms with Crippen LogP contribution in [-0.4, -0.2) is 10.9 Å². The monoisotopic (exact) mass is 276 g/mol. The molecule has 0 fully saturated rings. The number of aromatic nitrogens is 1. The maximum atomic E-state index is 12.1. The van der Waals surface area contributed by atoms with Crippen molar-refractivity contribution in [2.75, 3.05) is 0 Å². The number of fused-ring (bicyclic) bond motifs is 1. The molecule has 0 spiro atoms. The number of hydrogen-bond acceptors (Lipinski definition) is 2. The molecule has 0 bridgehead atoms. The molecule has 3 heteroatoms. The van der Waals surface area contributed by atoms with E-state index in [1.165, 1.54) is 0 Å². The van der Waals surface area contributed by atoms with Gasteiger partial charge in [0.1, 0.15) is 0 Å². The summed E-state index contributed by atoms with van der Waals surface area (Å²) in [6.07, 6.45) is 2.05. The van der Waals surface area contributed by atoms with E-state index >= 15 is 0 Å². The van der Waals surface area contributed by atoms with E-state index in [1.807, 2.05) is 60.7 Å². The number of amides is 1. The van der Waals surface area contributed by atoms with Crippen LogP contribution in [0, 0.1) is 0 Å². The molecule has 0 unspecified atom stereocenters. The van der Waals surface area contributed by atoms with Crippen LogP contribution in [0.4, 0.5) is 0 Å². The van der Waals surface area contributed by atoms with Crippen molar-refractivity contribution in [2.45, 2.75) is 13.0 Å². The first-order chi connectivity index (χ1) is 10.3. The molecule has 1 N–H and O–H groups in total. The summed E-state index contributed by atoms with van der Waals surface area (Å²) in [4.78, 5) is 16.4. The van der Waals surface area contributed by atoms with E-state index in [-0.39, 0.29) is 5.91 Å². The molecule has 1 aromatic heterocycles. The van der Waals surface area contributed by atoms with Crippen LogP contribution in [0.25, 0.3) is 10.8 Å². The van der Waals surface area contributed by atoms with Gasteiger partial charge in [-0.2, -0.15) is 0 Å². The molecule has 0 saturated heterocycles. The van der Waals surface area contributed by atoms with E-state index in [2.05, 4.69) is 10.3 Å². The van der Waals surface area contributed by atoms with Gasteiger partial charge in [-0.05, 0) is 17.0 Å². The average molecular weight is 276 g/mol. The summed E-state index contributed by atoms with van der Waals surface area (Å²) in [6, 6.07) is 19.8. The fourth-order valence-electron chi connectivity index (χ4n) is 2.33. The Balaban J connectivity index is 1.69. The minimum Gasteiger partial charge on any atom is -0.352 e. The predicted molar refractivity (Wildman–Crippen MR) is 83.7 cm³/mol. The van der Waals surface area contributed by atoms with E-state index in [0.717, 1.165) is 22.0 Å². The van der Waals surface area contributed by atoms with Gasteiger partial charge in [0.2, 0.25) is 5.91 Å². The van der Waals surface area contributed by atoms with Gasteiger partial charge in [-0.15, -0.1) is 0 Å². The summed E-state index contributed by atoms with van der Waals surface area (Å²) >= 11 is 0.